The summed E-state index contributed by atoms with van der Waals surface area (Å²) < 4.78 is 19.4. The van der Waals surface area contributed by atoms with Gasteiger partial charge in [-0.15, -0.1) is 0 Å². The van der Waals surface area contributed by atoms with Crippen LogP contribution in [0.2, 0.25) is 0 Å². The van der Waals surface area contributed by atoms with Crippen LogP contribution in [0.25, 0.3) is 10.8 Å². The van der Waals surface area contributed by atoms with E-state index in [0.717, 1.165) is 41.4 Å². The molecule has 1 fully saturated rings. The lowest BCUT2D eigenvalue weighted by atomic mass is 9.88. The van der Waals surface area contributed by atoms with Gasteiger partial charge < -0.3 is 15.2 Å². The van der Waals surface area contributed by atoms with Crippen molar-refractivity contribution in [3.63, 3.8) is 0 Å². The molecule has 3 aromatic carbocycles. The van der Waals surface area contributed by atoms with Crippen molar-refractivity contribution in [3.8, 4) is 5.75 Å². The van der Waals surface area contributed by atoms with Gasteiger partial charge in [0, 0.05) is 12.5 Å². The Hall–Kier alpha value is -2.43. The highest BCUT2D eigenvalue weighted by molar-refractivity contribution is 5.84. The van der Waals surface area contributed by atoms with E-state index in [9.17, 15) is 9.50 Å². The molecular formula is C22H22FNO2. The summed E-state index contributed by atoms with van der Waals surface area (Å²) in [6.07, 6.45) is 1.04. The van der Waals surface area contributed by atoms with E-state index < -0.39 is 0 Å². The van der Waals surface area contributed by atoms with Gasteiger partial charge in [-0.05, 0) is 65.2 Å². The standard InChI is InChI=1S/C22H22FNO2/c23-19-6-3-16(4-7-19)21-9-10-24-13-22(21)26-14-15-1-2-18-12-20(25)8-5-17(18)11-15/h1-8,11-12,21-22,24-25H,9-10,13-14H2. The van der Waals surface area contributed by atoms with E-state index in [1.54, 1.807) is 12.1 Å². The first-order valence-corrected chi connectivity index (χ1v) is 8.98. The van der Waals surface area contributed by atoms with Gasteiger partial charge in [0.15, 0.2) is 0 Å². The number of benzene rings is 3. The first-order chi connectivity index (χ1) is 12.7. The number of rotatable bonds is 4. The number of hydrogen-bond donors (Lipinski definition) is 2. The van der Waals surface area contributed by atoms with E-state index in [4.69, 9.17) is 4.74 Å². The molecule has 0 saturated carbocycles. The van der Waals surface area contributed by atoms with Gasteiger partial charge in [-0.1, -0.05) is 30.3 Å². The minimum atomic E-state index is -0.206. The second kappa shape index (κ2) is 7.44. The third kappa shape index (κ3) is 3.71. The molecule has 1 aliphatic heterocycles. The lowest BCUT2D eigenvalue weighted by Crippen LogP contribution is -2.40. The van der Waals surface area contributed by atoms with Crippen LogP contribution in [0.1, 0.15) is 23.5 Å². The Kier molecular flexibility index (Phi) is 4.87. The minimum absolute atomic E-state index is 0.0599. The Morgan fingerprint density at radius 2 is 1.77 bits per heavy atom. The maximum Gasteiger partial charge on any atom is 0.123 e. The fraction of sp³-hybridized carbons (Fsp3) is 0.273. The van der Waals surface area contributed by atoms with Crippen LogP contribution in [0.3, 0.4) is 0 Å². The first kappa shape index (κ1) is 17.0. The summed E-state index contributed by atoms with van der Waals surface area (Å²) >= 11 is 0. The minimum Gasteiger partial charge on any atom is -0.508 e. The van der Waals surface area contributed by atoms with E-state index in [2.05, 4.69) is 11.4 Å². The number of ether oxygens (including phenoxy) is 1. The van der Waals surface area contributed by atoms with Gasteiger partial charge in [-0.2, -0.15) is 0 Å². The van der Waals surface area contributed by atoms with Crippen LogP contribution in [0.5, 0.6) is 5.75 Å². The zero-order valence-electron chi connectivity index (χ0n) is 14.5. The zero-order valence-corrected chi connectivity index (χ0v) is 14.5. The second-order valence-corrected chi connectivity index (χ2v) is 6.87. The van der Waals surface area contributed by atoms with Crippen LogP contribution in [0, 0.1) is 5.82 Å². The van der Waals surface area contributed by atoms with E-state index in [-0.39, 0.29) is 23.6 Å². The van der Waals surface area contributed by atoms with Gasteiger partial charge in [-0.3, -0.25) is 0 Å². The van der Waals surface area contributed by atoms with Gasteiger partial charge in [0.1, 0.15) is 11.6 Å². The lowest BCUT2D eigenvalue weighted by Gasteiger charge is -2.32. The van der Waals surface area contributed by atoms with Crippen molar-refractivity contribution >= 4 is 10.8 Å². The number of fused-ring (bicyclic) bond motifs is 1. The second-order valence-electron chi connectivity index (χ2n) is 6.87. The Bertz CT molecular complexity index is 894. The molecule has 0 bridgehead atoms. The van der Waals surface area contributed by atoms with Gasteiger partial charge in [-0.25, -0.2) is 4.39 Å². The predicted molar refractivity (Wildman–Crippen MR) is 101 cm³/mol. The molecule has 1 heterocycles. The first-order valence-electron chi connectivity index (χ1n) is 8.98. The molecule has 3 nitrogen and oxygen atoms in total. The summed E-state index contributed by atoms with van der Waals surface area (Å²) in [5, 5.41) is 15.1. The molecule has 0 spiro atoms. The molecule has 2 atom stereocenters. The number of phenols is 1. The van der Waals surface area contributed by atoms with Crippen LogP contribution in [0.4, 0.5) is 4.39 Å². The highest BCUT2D eigenvalue weighted by Gasteiger charge is 2.27. The van der Waals surface area contributed by atoms with Crippen LogP contribution in [-0.2, 0) is 11.3 Å². The van der Waals surface area contributed by atoms with Crippen molar-refractivity contribution < 1.29 is 14.2 Å². The highest BCUT2D eigenvalue weighted by Crippen LogP contribution is 2.29. The van der Waals surface area contributed by atoms with E-state index in [1.165, 1.54) is 12.1 Å². The molecule has 1 aliphatic rings. The number of phenolic OH excluding ortho intramolecular Hbond substituents is 1. The fourth-order valence-electron chi connectivity index (χ4n) is 3.67. The molecule has 4 rings (SSSR count). The summed E-state index contributed by atoms with van der Waals surface area (Å²) in [7, 11) is 0. The number of nitrogens with one attached hydrogen (secondary N) is 1. The van der Waals surface area contributed by atoms with Crippen molar-refractivity contribution in [2.45, 2.75) is 25.0 Å². The maximum absolute atomic E-state index is 13.2. The average Bonchev–Trinajstić information content (AvgIpc) is 2.67. The molecule has 3 aromatic rings. The van der Waals surface area contributed by atoms with E-state index >= 15 is 0 Å². The third-order valence-electron chi connectivity index (χ3n) is 5.08. The third-order valence-corrected chi connectivity index (χ3v) is 5.08. The maximum atomic E-state index is 13.2. The predicted octanol–water partition coefficient (Wildman–Crippen LogP) is 4.35. The van der Waals surface area contributed by atoms with Crippen molar-refractivity contribution in [2.75, 3.05) is 13.1 Å². The van der Waals surface area contributed by atoms with Gasteiger partial charge in [0.05, 0.1) is 12.7 Å². The largest absolute Gasteiger partial charge is 0.508 e. The zero-order chi connectivity index (χ0) is 17.9. The van der Waals surface area contributed by atoms with Crippen LogP contribution in [-0.4, -0.2) is 24.3 Å². The van der Waals surface area contributed by atoms with E-state index in [0.29, 0.717) is 6.61 Å². The summed E-state index contributed by atoms with van der Waals surface area (Å²) in [5.41, 5.74) is 2.23. The number of piperidine rings is 1. The number of hydrogen-bond acceptors (Lipinski definition) is 3. The molecule has 4 heteroatoms. The highest BCUT2D eigenvalue weighted by atomic mass is 19.1. The number of aromatic hydroxyl groups is 1. The van der Waals surface area contributed by atoms with Crippen molar-refractivity contribution in [3.05, 3.63) is 77.6 Å². The summed E-state index contributed by atoms with van der Waals surface area (Å²) in [6.45, 7) is 2.27. The summed E-state index contributed by atoms with van der Waals surface area (Å²) in [5.74, 6) is 0.341. The summed E-state index contributed by atoms with van der Waals surface area (Å²) in [6, 6.07) is 18.3. The topological polar surface area (TPSA) is 41.5 Å². The monoisotopic (exact) mass is 351 g/mol. The molecule has 0 aromatic heterocycles. The van der Waals surface area contributed by atoms with Gasteiger partial charge in [0.25, 0.3) is 0 Å². The van der Waals surface area contributed by atoms with Crippen LogP contribution in [0.15, 0.2) is 60.7 Å². The summed E-state index contributed by atoms with van der Waals surface area (Å²) in [4.78, 5) is 0. The van der Waals surface area contributed by atoms with Crippen LogP contribution < -0.4 is 5.32 Å². The molecule has 0 amide bonds. The molecule has 134 valence electrons. The molecule has 0 aliphatic carbocycles. The molecule has 1 saturated heterocycles. The number of halogens is 1. The Balaban J connectivity index is 1.48. The van der Waals surface area contributed by atoms with E-state index in [1.807, 2.05) is 30.3 Å². The average molecular weight is 351 g/mol. The fourth-order valence-corrected chi connectivity index (χ4v) is 3.67. The van der Waals surface area contributed by atoms with Crippen LogP contribution >= 0.6 is 0 Å². The Morgan fingerprint density at radius 3 is 2.62 bits per heavy atom. The Labute approximate surface area is 152 Å². The SMILES string of the molecule is Oc1ccc2cc(COC3CNCCC3c3ccc(F)cc3)ccc2c1. The van der Waals surface area contributed by atoms with Gasteiger partial charge >= 0.3 is 0 Å². The smallest absolute Gasteiger partial charge is 0.123 e. The van der Waals surface area contributed by atoms with Gasteiger partial charge in [0.2, 0.25) is 0 Å². The molecular weight excluding hydrogens is 329 g/mol. The normalized spacial score (nSPS) is 20.3. The Morgan fingerprint density at radius 1 is 1.00 bits per heavy atom. The van der Waals surface area contributed by atoms with Crippen molar-refractivity contribution in [2.24, 2.45) is 0 Å². The molecule has 2 N–H and O–H groups in total. The molecule has 26 heavy (non-hydrogen) atoms. The molecule has 0 radical (unpaired) electrons. The van der Waals surface area contributed by atoms with Crippen molar-refractivity contribution in [1.82, 2.24) is 5.32 Å². The molecule has 2 unspecified atom stereocenters. The lowest BCUT2D eigenvalue weighted by molar-refractivity contribution is 0.0106. The van der Waals surface area contributed by atoms with Crippen molar-refractivity contribution in [1.29, 1.82) is 0 Å². The quantitative estimate of drug-likeness (QED) is 0.734.